The zero-order valence-electron chi connectivity index (χ0n) is 14.1. The van der Waals surface area contributed by atoms with Crippen molar-refractivity contribution in [3.63, 3.8) is 0 Å². The summed E-state index contributed by atoms with van der Waals surface area (Å²) >= 11 is 3.39. The first-order chi connectivity index (χ1) is 11.6. The van der Waals surface area contributed by atoms with Crippen LogP contribution in [0.5, 0.6) is 0 Å². The molecule has 0 bridgehead atoms. The number of halogens is 3. The van der Waals surface area contributed by atoms with Gasteiger partial charge in [-0.3, -0.25) is 9.88 Å². The molecule has 1 N–H and O–H groups in total. The first kappa shape index (κ1) is 19.3. The number of rotatable bonds is 4. The molecular formula is C18H19BrF2N2O2. The van der Waals surface area contributed by atoms with Crippen molar-refractivity contribution in [2.75, 3.05) is 0 Å². The van der Waals surface area contributed by atoms with E-state index in [4.69, 9.17) is 0 Å². The normalized spacial score (nSPS) is 12.7. The zero-order valence-corrected chi connectivity index (χ0v) is 15.7. The number of aromatic nitrogens is 1. The van der Waals surface area contributed by atoms with E-state index in [1.807, 2.05) is 0 Å². The summed E-state index contributed by atoms with van der Waals surface area (Å²) in [6.45, 7) is 5.28. The number of carboxylic acid groups (broad SMARTS) is 1. The van der Waals surface area contributed by atoms with Gasteiger partial charge in [-0.25, -0.2) is 13.6 Å². The lowest BCUT2D eigenvalue weighted by atomic mass is 9.96. The van der Waals surface area contributed by atoms with Crippen molar-refractivity contribution < 1.29 is 18.7 Å². The molecule has 134 valence electrons. The van der Waals surface area contributed by atoms with E-state index in [2.05, 4.69) is 20.9 Å². The minimum absolute atomic E-state index is 0.0911. The number of amides is 1. The topological polar surface area (TPSA) is 53.4 Å². The summed E-state index contributed by atoms with van der Waals surface area (Å²) < 4.78 is 27.7. The Kier molecular flexibility index (Phi) is 5.77. The zero-order chi connectivity index (χ0) is 18.8. The van der Waals surface area contributed by atoms with Gasteiger partial charge in [0.1, 0.15) is 11.6 Å². The molecule has 0 radical (unpaired) electrons. The number of nitrogens with zero attached hydrogens (tertiary/aromatic N) is 2. The molecule has 4 nitrogen and oxygen atoms in total. The van der Waals surface area contributed by atoms with Crippen LogP contribution in [0.1, 0.15) is 38.1 Å². The Morgan fingerprint density at radius 3 is 2.36 bits per heavy atom. The highest BCUT2D eigenvalue weighted by molar-refractivity contribution is 9.10. The fourth-order valence-corrected chi connectivity index (χ4v) is 3.31. The second-order valence-electron chi connectivity index (χ2n) is 6.69. The van der Waals surface area contributed by atoms with E-state index in [1.54, 1.807) is 39.1 Å². The molecule has 0 fully saturated rings. The number of hydrogen-bond donors (Lipinski definition) is 1. The summed E-state index contributed by atoms with van der Waals surface area (Å²) in [5, 5.41) is 9.75. The molecule has 0 aliphatic rings. The van der Waals surface area contributed by atoms with Crippen LogP contribution in [0.3, 0.4) is 0 Å². The van der Waals surface area contributed by atoms with Gasteiger partial charge in [0.05, 0.1) is 11.7 Å². The Balaban J connectivity index is 2.56. The van der Waals surface area contributed by atoms with Crippen LogP contribution in [-0.4, -0.2) is 26.6 Å². The van der Waals surface area contributed by atoms with E-state index < -0.39 is 29.3 Å². The minimum atomic E-state index is -1.13. The first-order valence-corrected chi connectivity index (χ1v) is 8.46. The van der Waals surface area contributed by atoms with Crippen molar-refractivity contribution in [2.24, 2.45) is 0 Å². The molecule has 2 rings (SSSR count). The maximum Gasteiger partial charge on any atom is 0.408 e. The molecule has 0 aliphatic carbocycles. The third-order valence-electron chi connectivity index (χ3n) is 3.69. The standard InChI is InChI=1S/C18H19BrF2N2O2/c1-18(2,3)23(17(24)25)15(16-14(19)5-4-6-22-16)9-11-7-12(20)10-13(21)8-11/h4-8,10,15H,9H2,1-3H3,(H,24,25). The maximum absolute atomic E-state index is 13.6. The van der Waals surface area contributed by atoms with Crippen molar-refractivity contribution in [3.05, 3.63) is 63.9 Å². The summed E-state index contributed by atoms with van der Waals surface area (Å²) in [7, 11) is 0. The molecule has 1 aromatic heterocycles. The second-order valence-corrected chi connectivity index (χ2v) is 7.55. The van der Waals surface area contributed by atoms with Crippen LogP contribution >= 0.6 is 15.9 Å². The fraction of sp³-hybridized carbons (Fsp3) is 0.333. The molecule has 2 aromatic rings. The highest BCUT2D eigenvalue weighted by Crippen LogP contribution is 2.34. The lowest BCUT2D eigenvalue weighted by molar-refractivity contribution is 0.0680. The summed E-state index contributed by atoms with van der Waals surface area (Å²) in [6.07, 6.45) is 0.516. The summed E-state index contributed by atoms with van der Waals surface area (Å²) in [5.74, 6) is -1.40. The largest absolute Gasteiger partial charge is 0.465 e. The highest BCUT2D eigenvalue weighted by Gasteiger charge is 2.36. The molecule has 1 amide bonds. The Labute approximate surface area is 153 Å². The Bertz CT molecular complexity index is 758. The van der Waals surface area contributed by atoms with Crippen LogP contribution in [0.2, 0.25) is 0 Å². The Hall–Kier alpha value is -2.02. The van der Waals surface area contributed by atoms with Gasteiger partial charge in [0.25, 0.3) is 0 Å². The molecule has 25 heavy (non-hydrogen) atoms. The quantitative estimate of drug-likeness (QED) is 0.751. The second kappa shape index (κ2) is 7.47. The molecule has 1 heterocycles. The number of benzene rings is 1. The third kappa shape index (κ3) is 4.75. The Morgan fingerprint density at radius 1 is 1.28 bits per heavy atom. The fourth-order valence-electron chi connectivity index (χ4n) is 2.79. The van der Waals surface area contributed by atoms with E-state index in [0.717, 1.165) is 6.07 Å². The van der Waals surface area contributed by atoms with Gasteiger partial charge in [-0.1, -0.05) is 0 Å². The van der Waals surface area contributed by atoms with Crippen LogP contribution < -0.4 is 0 Å². The summed E-state index contributed by atoms with van der Waals surface area (Å²) in [4.78, 5) is 17.5. The first-order valence-electron chi connectivity index (χ1n) is 7.67. The van der Waals surface area contributed by atoms with E-state index in [1.165, 1.54) is 17.0 Å². The molecular weight excluding hydrogens is 394 g/mol. The summed E-state index contributed by atoms with van der Waals surface area (Å²) in [6, 6.07) is 5.95. The SMILES string of the molecule is CC(C)(C)N(C(=O)O)C(Cc1cc(F)cc(F)c1)c1ncccc1Br. The van der Waals surface area contributed by atoms with Gasteiger partial charge in [0, 0.05) is 22.3 Å². The number of pyridine rings is 1. The molecule has 0 saturated heterocycles. The van der Waals surface area contributed by atoms with Gasteiger partial charge in [-0.05, 0) is 73.0 Å². The summed E-state index contributed by atoms with van der Waals surface area (Å²) in [5.41, 5.74) is 0.110. The average molecular weight is 413 g/mol. The van der Waals surface area contributed by atoms with Crippen LogP contribution in [0.15, 0.2) is 41.0 Å². The smallest absolute Gasteiger partial charge is 0.408 e. The monoisotopic (exact) mass is 412 g/mol. The molecule has 0 spiro atoms. The molecule has 0 aliphatic heterocycles. The average Bonchev–Trinajstić information content (AvgIpc) is 2.44. The molecule has 1 atom stereocenters. The van der Waals surface area contributed by atoms with Gasteiger partial charge in [-0.15, -0.1) is 0 Å². The third-order valence-corrected chi connectivity index (χ3v) is 4.36. The lowest BCUT2D eigenvalue weighted by Gasteiger charge is -2.39. The van der Waals surface area contributed by atoms with Crippen LogP contribution in [-0.2, 0) is 6.42 Å². The van der Waals surface area contributed by atoms with E-state index in [0.29, 0.717) is 15.7 Å². The van der Waals surface area contributed by atoms with E-state index in [-0.39, 0.29) is 6.42 Å². The maximum atomic E-state index is 13.6. The molecule has 0 saturated carbocycles. The van der Waals surface area contributed by atoms with Gasteiger partial charge >= 0.3 is 6.09 Å². The van der Waals surface area contributed by atoms with E-state index in [9.17, 15) is 18.7 Å². The molecule has 7 heteroatoms. The van der Waals surface area contributed by atoms with Crippen molar-refractivity contribution in [2.45, 2.75) is 38.8 Å². The van der Waals surface area contributed by atoms with Crippen molar-refractivity contribution in [3.8, 4) is 0 Å². The van der Waals surface area contributed by atoms with E-state index >= 15 is 0 Å². The van der Waals surface area contributed by atoms with Crippen LogP contribution in [0.4, 0.5) is 13.6 Å². The van der Waals surface area contributed by atoms with Gasteiger partial charge in [0.2, 0.25) is 0 Å². The van der Waals surface area contributed by atoms with Crippen molar-refractivity contribution in [1.82, 2.24) is 9.88 Å². The van der Waals surface area contributed by atoms with Crippen molar-refractivity contribution >= 4 is 22.0 Å². The van der Waals surface area contributed by atoms with Crippen LogP contribution in [0.25, 0.3) is 0 Å². The van der Waals surface area contributed by atoms with Gasteiger partial charge in [0.15, 0.2) is 0 Å². The van der Waals surface area contributed by atoms with Gasteiger partial charge < -0.3 is 5.11 Å². The number of hydrogen-bond acceptors (Lipinski definition) is 2. The number of carbonyl (C=O) groups is 1. The highest BCUT2D eigenvalue weighted by atomic mass is 79.9. The van der Waals surface area contributed by atoms with Crippen molar-refractivity contribution in [1.29, 1.82) is 0 Å². The van der Waals surface area contributed by atoms with Gasteiger partial charge in [-0.2, -0.15) is 0 Å². The lowest BCUT2D eigenvalue weighted by Crippen LogP contribution is -2.48. The minimum Gasteiger partial charge on any atom is -0.465 e. The molecule has 1 aromatic carbocycles. The predicted octanol–water partition coefficient (Wildman–Crippen LogP) is 5.18. The van der Waals surface area contributed by atoms with Crippen LogP contribution in [0, 0.1) is 11.6 Å². The molecule has 1 unspecified atom stereocenters. The predicted molar refractivity (Wildman–Crippen MR) is 94.4 cm³/mol. The Morgan fingerprint density at radius 2 is 1.88 bits per heavy atom.